The van der Waals surface area contributed by atoms with E-state index in [-0.39, 0.29) is 32.7 Å². The first-order valence-electron chi connectivity index (χ1n) is 3.00. The van der Waals surface area contributed by atoms with Crippen molar-refractivity contribution in [3.63, 3.8) is 0 Å². The molecule has 0 N–H and O–H groups in total. The van der Waals surface area contributed by atoms with Gasteiger partial charge in [-0.3, -0.25) is 0 Å². The van der Waals surface area contributed by atoms with Crippen LogP contribution in [0.2, 0.25) is 0 Å². The molecular formula is C8H15OSY-. The molecule has 1 atom stereocenters. The number of hydrogen-bond acceptors (Lipinski definition) is 1. The van der Waals surface area contributed by atoms with Gasteiger partial charge in [-0.25, -0.2) is 6.58 Å². The Morgan fingerprint density at radius 1 is 1.73 bits per heavy atom. The fourth-order valence-electron chi connectivity index (χ4n) is 0. The van der Waals surface area contributed by atoms with Gasteiger partial charge >= 0.3 is 0 Å². The third-order valence-electron chi connectivity index (χ3n) is 0.667. The van der Waals surface area contributed by atoms with Gasteiger partial charge in [0.15, 0.2) is 0 Å². The van der Waals surface area contributed by atoms with E-state index >= 15 is 0 Å². The maximum atomic E-state index is 9.28. The van der Waals surface area contributed by atoms with Crippen LogP contribution in [0.25, 0.3) is 0 Å². The molecule has 0 bridgehead atoms. The van der Waals surface area contributed by atoms with E-state index in [1.807, 2.05) is 0 Å². The monoisotopic (exact) mass is 248 g/mol. The summed E-state index contributed by atoms with van der Waals surface area (Å²) >= 11 is 0. The second-order valence-electron chi connectivity index (χ2n) is 1.95. The molecule has 0 saturated carbocycles. The summed E-state index contributed by atoms with van der Waals surface area (Å²) in [5.41, 5.74) is 0.449. The minimum atomic E-state index is 0. The van der Waals surface area contributed by atoms with Gasteiger partial charge < -0.3 is 4.79 Å². The second-order valence-corrected chi connectivity index (χ2v) is 4.09. The third-order valence-corrected chi connectivity index (χ3v) is 1.65. The summed E-state index contributed by atoms with van der Waals surface area (Å²) < 4.78 is 0. The average molecular weight is 248 g/mol. The first-order valence-corrected chi connectivity index (χ1v) is 4.97. The number of carbonyl (C=O) groups excluding carboxylic acids is 1. The fraction of sp³-hybridized carbons (Fsp3) is 0.500. The van der Waals surface area contributed by atoms with E-state index in [0.29, 0.717) is 16.5 Å². The summed E-state index contributed by atoms with van der Waals surface area (Å²) in [6.07, 6.45) is 7.51. The van der Waals surface area contributed by atoms with Crippen LogP contribution in [0, 0.1) is 6.26 Å². The van der Waals surface area contributed by atoms with E-state index in [1.54, 1.807) is 13.2 Å². The number of rotatable bonds is 2. The molecule has 0 aliphatic carbocycles. The van der Waals surface area contributed by atoms with E-state index in [2.05, 4.69) is 26.0 Å². The molecule has 1 nitrogen and oxygen atoms in total. The average Bonchev–Trinajstić information content (AvgIpc) is 1.89. The predicted molar refractivity (Wildman–Crippen MR) is 49.7 cm³/mol. The van der Waals surface area contributed by atoms with Crippen molar-refractivity contribution in [2.24, 2.45) is 0 Å². The van der Waals surface area contributed by atoms with Gasteiger partial charge in [0.2, 0.25) is 0 Å². The Kier molecular flexibility index (Phi) is 21.8. The van der Waals surface area contributed by atoms with Gasteiger partial charge in [0.1, 0.15) is 0 Å². The molecule has 0 amide bonds. The normalized spacial score (nSPS) is 9.82. The smallest absolute Gasteiger partial charge is 0.0756 e. The van der Waals surface area contributed by atoms with Crippen LogP contribution in [-0.2, 0) is 48.4 Å². The van der Waals surface area contributed by atoms with Gasteiger partial charge in [-0.15, -0.1) is 6.26 Å². The number of hydrogen-bond donors (Lipinski definition) is 0. The van der Waals surface area contributed by atoms with Crippen LogP contribution >= 0.6 is 0 Å². The minimum absolute atomic E-state index is 0. The van der Waals surface area contributed by atoms with Crippen molar-refractivity contribution >= 4 is 17.2 Å². The van der Waals surface area contributed by atoms with E-state index < -0.39 is 0 Å². The first-order chi connectivity index (χ1) is 4.54. The molecule has 63 valence electrons. The molecule has 0 rings (SSSR count). The molecule has 0 heterocycles. The van der Waals surface area contributed by atoms with Crippen molar-refractivity contribution < 1.29 is 37.5 Å². The van der Waals surface area contributed by atoms with Gasteiger partial charge in [-0.1, -0.05) is 6.92 Å². The zero-order chi connectivity index (χ0) is 8.57. The molecule has 0 aromatic carbocycles. The third kappa shape index (κ3) is 36.1. The Balaban J connectivity index is -0.000000107. The van der Waals surface area contributed by atoms with Gasteiger partial charge in [-0.2, -0.15) is 16.5 Å². The second kappa shape index (κ2) is 13.5. The van der Waals surface area contributed by atoms with E-state index in [0.717, 1.165) is 0 Å². The Hall–Kier alpha value is 0.864. The Morgan fingerprint density at radius 3 is 1.91 bits per heavy atom. The largest absolute Gasteiger partial charge is 0.419 e. The predicted octanol–water partition coefficient (Wildman–Crippen LogP) is 1.72. The molecule has 3 heteroatoms. The quantitative estimate of drug-likeness (QED) is 0.413. The Labute approximate surface area is 98.2 Å². The van der Waals surface area contributed by atoms with Crippen LogP contribution in [0.1, 0.15) is 13.8 Å². The van der Waals surface area contributed by atoms with Crippen LogP contribution in [0.3, 0.4) is 0 Å². The number of allylic oxidation sites excluding steroid dienone is 1. The van der Waals surface area contributed by atoms with Gasteiger partial charge in [0, 0.05) is 32.7 Å². The topological polar surface area (TPSA) is 17.1 Å². The van der Waals surface area contributed by atoms with E-state index in [9.17, 15) is 4.79 Å². The van der Waals surface area contributed by atoms with Crippen LogP contribution in [0.15, 0.2) is 12.2 Å². The fourth-order valence-corrected chi connectivity index (χ4v) is 0. The van der Waals surface area contributed by atoms with Crippen molar-refractivity contribution in [2.45, 2.75) is 13.8 Å². The molecule has 0 saturated heterocycles. The summed E-state index contributed by atoms with van der Waals surface area (Å²) in [6.45, 7) is 7.00. The van der Waals surface area contributed by atoms with Crippen LogP contribution in [0.5, 0.6) is 0 Å². The summed E-state index contributed by atoms with van der Waals surface area (Å²) in [6, 6.07) is 0. The minimum Gasteiger partial charge on any atom is -0.419 e. The van der Waals surface area contributed by atoms with E-state index in [4.69, 9.17) is 0 Å². The molecule has 11 heavy (non-hydrogen) atoms. The molecule has 0 aliphatic rings. The summed E-state index contributed by atoms with van der Waals surface area (Å²) in [7, 11) is 0.427. The Bertz CT molecular complexity index is 102. The zero-order valence-corrected chi connectivity index (χ0v) is 11.2. The van der Waals surface area contributed by atoms with Crippen LogP contribution < -0.4 is 0 Å². The van der Waals surface area contributed by atoms with Crippen LogP contribution in [-0.4, -0.2) is 18.3 Å². The van der Waals surface area contributed by atoms with Gasteiger partial charge in [0.05, 0.1) is 12.0 Å². The standard InChI is InChI=1S/C4H5O.C4H10S.Y/c1-4(2)3-5;1-4-5(2)3;/h1H2,2H3;2,4H2,1,3H3;/q-1;;. The molecule has 1 unspecified atom stereocenters. The Morgan fingerprint density at radius 2 is 1.91 bits per heavy atom. The van der Waals surface area contributed by atoms with Gasteiger partial charge in [0.25, 0.3) is 0 Å². The molecule has 0 fully saturated rings. The van der Waals surface area contributed by atoms with Crippen molar-refractivity contribution in [1.29, 1.82) is 0 Å². The summed E-state index contributed by atoms with van der Waals surface area (Å²) in [4.78, 5) is 9.28. The molecule has 1 radical (unpaired) electrons. The van der Waals surface area contributed by atoms with Crippen molar-refractivity contribution in [2.75, 3.05) is 12.0 Å². The molecule has 0 spiro atoms. The zero-order valence-electron chi connectivity index (χ0n) is 7.52. The maximum Gasteiger partial charge on any atom is 0.0756 e. The maximum absolute atomic E-state index is 9.28. The molecule has 0 aliphatic heterocycles. The summed E-state index contributed by atoms with van der Waals surface area (Å²) in [5.74, 6) is 1.22. The van der Waals surface area contributed by atoms with Gasteiger partial charge in [-0.05, 0) is 13.2 Å². The van der Waals surface area contributed by atoms with Crippen molar-refractivity contribution in [3.05, 3.63) is 18.4 Å². The van der Waals surface area contributed by atoms with Crippen LogP contribution in [0.4, 0.5) is 0 Å². The molecule has 0 aromatic heterocycles. The SMILES string of the molecule is C=C(C)[C-]=O.[CH2-][S+](C)CC.[Y]. The van der Waals surface area contributed by atoms with E-state index in [1.165, 1.54) is 5.75 Å². The molecule has 0 aromatic rings. The van der Waals surface area contributed by atoms with Crippen molar-refractivity contribution in [1.82, 2.24) is 0 Å². The van der Waals surface area contributed by atoms with Crippen molar-refractivity contribution in [3.8, 4) is 0 Å². The first kappa shape index (κ1) is 17.8. The molecular weight excluding hydrogens is 233 g/mol. The summed E-state index contributed by atoms with van der Waals surface area (Å²) in [5, 5.41) is 0.